The minimum Gasteiger partial charge on any atom is -0.439 e. The highest BCUT2D eigenvalue weighted by Crippen LogP contribution is 2.26. The average Bonchev–Trinajstić information content (AvgIpc) is 2.43. The summed E-state index contributed by atoms with van der Waals surface area (Å²) in [5, 5.41) is 2.89. The highest BCUT2D eigenvalue weighted by molar-refractivity contribution is 6.30. The molecule has 2 aromatic rings. The fraction of sp³-hybridized carbons (Fsp3) is 0.231. The molecule has 0 aliphatic rings. The molecule has 5 nitrogen and oxygen atoms in total. The molecule has 1 heterocycles. The van der Waals surface area contributed by atoms with E-state index in [0.29, 0.717) is 23.3 Å². The number of aromatic nitrogens is 2. The van der Waals surface area contributed by atoms with Crippen LogP contribution in [0.2, 0.25) is 5.02 Å². The Balaban J connectivity index is 2.27. The summed E-state index contributed by atoms with van der Waals surface area (Å²) >= 11 is 5.70. The van der Waals surface area contributed by atoms with Crippen LogP contribution in [0.4, 0.5) is 10.2 Å². The third kappa shape index (κ3) is 3.55. The third-order valence-corrected chi connectivity index (χ3v) is 2.68. The molecular weight excluding hydrogens is 285 g/mol. The van der Waals surface area contributed by atoms with Gasteiger partial charge >= 0.3 is 0 Å². The van der Waals surface area contributed by atoms with Crippen LogP contribution in [0.15, 0.2) is 24.3 Å². The first-order valence-electron chi connectivity index (χ1n) is 5.80. The Morgan fingerprint density at radius 1 is 1.30 bits per heavy atom. The van der Waals surface area contributed by atoms with E-state index in [9.17, 15) is 4.39 Å². The highest BCUT2D eigenvalue weighted by Gasteiger charge is 2.07. The molecule has 0 saturated carbocycles. The summed E-state index contributed by atoms with van der Waals surface area (Å²) in [7, 11) is 3.28. The zero-order chi connectivity index (χ0) is 14.5. The maximum Gasteiger partial charge on any atom is 0.224 e. The van der Waals surface area contributed by atoms with E-state index in [1.54, 1.807) is 20.2 Å². The normalized spacial score (nSPS) is 10.4. The van der Waals surface area contributed by atoms with Gasteiger partial charge in [0.1, 0.15) is 24.0 Å². The number of nitrogens with zero attached hydrogens (tertiary/aromatic N) is 2. The number of ether oxygens (including phenoxy) is 2. The fourth-order valence-corrected chi connectivity index (χ4v) is 1.68. The van der Waals surface area contributed by atoms with Crippen LogP contribution in [-0.2, 0) is 11.3 Å². The topological polar surface area (TPSA) is 56.3 Å². The van der Waals surface area contributed by atoms with Crippen molar-refractivity contribution in [2.45, 2.75) is 6.61 Å². The van der Waals surface area contributed by atoms with Crippen LogP contribution in [-0.4, -0.2) is 24.1 Å². The summed E-state index contributed by atoms with van der Waals surface area (Å²) < 4.78 is 23.6. The first-order valence-corrected chi connectivity index (χ1v) is 6.17. The number of hydrogen-bond donors (Lipinski definition) is 1. The molecule has 0 radical (unpaired) electrons. The lowest BCUT2D eigenvalue weighted by Gasteiger charge is -2.09. The number of nitrogens with one attached hydrogen (secondary N) is 1. The van der Waals surface area contributed by atoms with Crippen LogP contribution in [0.1, 0.15) is 5.82 Å². The van der Waals surface area contributed by atoms with E-state index in [4.69, 9.17) is 21.1 Å². The minimum absolute atomic E-state index is 0.0116. The summed E-state index contributed by atoms with van der Waals surface area (Å²) in [6.45, 7) is 0.260. The SMILES string of the molecule is CNc1cc(Oc2ccc(F)c(Cl)c2)nc(COC)n1. The molecule has 0 aliphatic carbocycles. The van der Waals surface area contributed by atoms with E-state index >= 15 is 0 Å². The van der Waals surface area contributed by atoms with E-state index < -0.39 is 5.82 Å². The Hall–Kier alpha value is -1.92. The van der Waals surface area contributed by atoms with Crippen LogP contribution in [0.5, 0.6) is 11.6 Å². The predicted molar refractivity (Wildman–Crippen MR) is 73.8 cm³/mol. The molecule has 0 amide bonds. The van der Waals surface area contributed by atoms with Crippen molar-refractivity contribution in [2.24, 2.45) is 0 Å². The Labute approximate surface area is 120 Å². The van der Waals surface area contributed by atoms with Crippen LogP contribution in [0.3, 0.4) is 0 Å². The van der Waals surface area contributed by atoms with Crippen LogP contribution in [0, 0.1) is 5.82 Å². The second-order valence-electron chi connectivity index (χ2n) is 3.87. The van der Waals surface area contributed by atoms with Gasteiger partial charge in [0, 0.05) is 26.3 Å². The van der Waals surface area contributed by atoms with Gasteiger partial charge in [0.25, 0.3) is 0 Å². The second-order valence-corrected chi connectivity index (χ2v) is 4.28. The molecule has 0 atom stereocenters. The summed E-state index contributed by atoms with van der Waals surface area (Å²) in [5.74, 6) is 1.27. The smallest absolute Gasteiger partial charge is 0.224 e. The highest BCUT2D eigenvalue weighted by atomic mass is 35.5. The maximum atomic E-state index is 13.1. The Bertz CT molecular complexity index is 610. The molecule has 1 aromatic heterocycles. The van der Waals surface area contributed by atoms with Crippen LogP contribution >= 0.6 is 11.6 Å². The van der Waals surface area contributed by atoms with Crippen molar-refractivity contribution in [1.29, 1.82) is 0 Å². The van der Waals surface area contributed by atoms with Gasteiger partial charge in [-0.25, -0.2) is 9.37 Å². The lowest BCUT2D eigenvalue weighted by Crippen LogP contribution is -2.03. The average molecular weight is 298 g/mol. The van der Waals surface area contributed by atoms with Crippen LogP contribution in [0.25, 0.3) is 0 Å². The molecule has 0 unspecified atom stereocenters. The van der Waals surface area contributed by atoms with Crippen molar-refractivity contribution in [3.8, 4) is 11.6 Å². The molecule has 1 N–H and O–H groups in total. The van der Waals surface area contributed by atoms with Crippen molar-refractivity contribution >= 4 is 17.4 Å². The van der Waals surface area contributed by atoms with E-state index in [0.717, 1.165) is 0 Å². The van der Waals surface area contributed by atoms with Gasteiger partial charge in [-0.3, -0.25) is 0 Å². The molecule has 1 aromatic carbocycles. The monoisotopic (exact) mass is 297 g/mol. The number of rotatable bonds is 5. The maximum absolute atomic E-state index is 13.1. The Morgan fingerprint density at radius 2 is 2.10 bits per heavy atom. The quantitative estimate of drug-likeness (QED) is 0.918. The molecule has 0 bridgehead atoms. The van der Waals surface area contributed by atoms with Gasteiger partial charge < -0.3 is 14.8 Å². The molecule has 0 spiro atoms. The Kier molecular flexibility index (Phi) is 4.70. The van der Waals surface area contributed by atoms with E-state index in [1.165, 1.54) is 18.2 Å². The number of methoxy groups -OCH3 is 1. The molecule has 0 aliphatic heterocycles. The second kappa shape index (κ2) is 6.49. The zero-order valence-electron chi connectivity index (χ0n) is 11.0. The van der Waals surface area contributed by atoms with Crippen molar-refractivity contribution in [3.63, 3.8) is 0 Å². The number of benzene rings is 1. The van der Waals surface area contributed by atoms with Crippen molar-refractivity contribution < 1.29 is 13.9 Å². The zero-order valence-corrected chi connectivity index (χ0v) is 11.7. The van der Waals surface area contributed by atoms with E-state index in [-0.39, 0.29) is 11.6 Å². The molecule has 2 rings (SSSR count). The van der Waals surface area contributed by atoms with Gasteiger partial charge in [-0.05, 0) is 12.1 Å². The number of halogens is 2. The largest absolute Gasteiger partial charge is 0.439 e. The summed E-state index contributed by atoms with van der Waals surface area (Å²) in [6.07, 6.45) is 0. The van der Waals surface area contributed by atoms with Crippen molar-refractivity contribution in [1.82, 2.24) is 9.97 Å². The van der Waals surface area contributed by atoms with Gasteiger partial charge in [0.05, 0.1) is 5.02 Å². The van der Waals surface area contributed by atoms with E-state index in [2.05, 4.69) is 15.3 Å². The summed E-state index contributed by atoms with van der Waals surface area (Å²) in [4.78, 5) is 8.38. The fourth-order valence-electron chi connectivity index (χ4n) is 1.51. The minimum atomic E-state index is -0.502. The lowest BCUT2D eigenvalue weighted by atomic mass is 10.3. The van der Waals surface area contributed by atoms with E-state index in [1.807, 2.05) is 0 Å². The molecule has 7 heteroatoms. The van der Waals surface area contributed by atoms with Gasteiger partial charge in [-0.2, -0.15) is 4.98 Å². The van der Waals surface area contributed by atoms with Crippen molar-refractivity contribution in [2.75, 3.05) is 19.5 Å². The summed E-state index contributed by atoms with van der Waals surface area (Å²) in [5.41, 5.74) is 0. The third-order valence-electron chi connectivity index (χ3n) is 2.39. The molecule has 106 valence electrons. The number of hydrogen-bond acceptors (Lipinski definition) is 5. The Morgan fingerprint density at radius 3 is 2.75 bits per heavy atom. The predicted octanol–water partition coefficient (Wildman–Crippen LogP) is 3.25. The number of anilines is 1. The van der Waals surface area contributed by atoms with Gasteiger partial charge in [-0.1, -0.05) is 11.6 Å². The van der Waals surface area contributed by atoms with Gasteiger partial charge in [-0.15, -0.1) is 0 Å². The van der Waals surface area contributed by atoms with Gasteiger partial charge in [0.15, 0.2) is 5.82 Å². The van der Waals surface area contributed by atoms with Crippen LogP contribution < -0.4 is 10.1 Å². The van der Waals surface area contributed by atoms with Gasteiger partial charge in [0.2, 0.25) is 5.88 Å². The first kappa shape index (κ1) is 14.5. The molecule has 0 fully saturated rings. The first-order chi connectivity index (χ1) is 9.62. The van der Waals surface area contributed by atoms with Crippen molar-refractivity contribution in [3.05, 3.63) is 40.9 Å². The molecule has 0 saturated heterocycles. The lowest BCUT2D eigenvalue weighted by molar-refractivity contribution is 0.177. The molecule has 20 heavy (non-hydrogen) atoms. The summed E-state index contributed by atoms with van der Waals surface area (Å²) in [6, 6.07) is 5.71. The standard InChI is InChI=1S/C13H13ClFN3O2/c1-16-11-6-13(18-12(17-11)7-19-2)20-8-3-4-10(15)9(14)5-8/h3-6H,7H2,1-2H3,(H,16,17,18). The molecular formula is C13H13ClFN3O2.